The van der Waals surface area contributed by atoms with E-state index >= 15 is 0 Å². The van der Waals surface area contributed by atoms with Gasteiger partial charge in [-0.25, -0.2) is 8.42 Å². The van der Waals surface area contributed by atoms with E-state index in [0.29, 0.717) is 35.7 Å². The molecule has 0 N–H and O–H groups in total. The summed E-state index contributed by atoms with van der Waals surface area (Å²) in [7, 11) is -3.40. The van der Waals surface area contributed by atoms with Crippen LogP contribution in [0, 0.1) is 11.8 Å². The van der Waals surface area contributed by atoms with Crippen molar-refractivity contribution >= 4 is 33.0 Å². The van der Waals surface area contributed by atoms with Crippen LogP contribution in [0.25, 0.3) is 0 Å². The summed E-state index contributed by atoms with van der Waals surface area (Å²) in [5.41, 5.74) is 0. The molecule has 0 aliphatic heterocycles. The Morgan fingerprint density at radius 3 is 2.05 bits per heavy atom. The van der Waals surface area contributed by atoms with E-state index in [0.717, 1.165) is 17.7 Å². The molecular weight excluding hydrogens is 326 g/mol. The molecule has 21 heavy (non-hydrogen) atoms. The molecule has 0 amide bonds. The van der Waals surface area contributed by atoms with Gasteiger partial charge in [-0.05, 0) is 30.7 Å². The standard InChI is InChI=1S/C15H26ClNO2S2/c1-12(2)5-7-17(8-6-13(3)4)21(18,19)15-9-14(10-16)20-11-15/h9,11-13H,5-8,10H2,1-4H3. The minimum atomic E-state index is -3.40. The second kappa shape index (κ2) is 8.51. The van der Waals surface area contributed by atoms with E-state index in [1.807, 2.05) is 0 Å². The molecule has 0 spiro atoms. The van der Waals surface area contributed by atoms with Gasteiger partial charge in [0.15, 0.2) is 0 Å². The fourth-order valence-electron chi connectivity index (χ4n) is 1.87. The van der Waals surface area contributed by atoms with Gasteiger partial charge in [-0.15, -0.1) is 22.9 Å². The molecule has 0 aliphatic rings. The van der Waals surface area contributed by atoms with Crippen LogP contribution >= 0.6 is 22.9 Å². The number of thiophene rings is 1. The first kappa shape index (κ1) is 18.9. The Morgan fingerprint density at radius 1 is 1.14 bits per heavy atom. The summed E-state index contributed by atoms with van der Waals surface area (Å²) in [6.07, 6.45) is 1.76. The molecule has 122 valence electrons. The largest absolute Gasteiger partial charge is 0.243 e. The van der Waals surface area contributed by atoms with Gasteiger partial charge in [0.2, 0.25) is 10.0 Å². The van der Waals surface area contributed by atoms with Crippen molar-refractivity contribution in [3.05, 3.63) is 16.3 Å². The molecule has 0 fully saturated rings. The topological polar surface area (TPSA) is 37.4 Å². The average molecular weight is 352 g/mol. The molecule has 3 nitrogen and oxygen atoms in total. The molecule has 1 rings (SSSR count). The van der Waals surface area contributed by atoms with Crippen LogP contribution in [0.4, 0.5) is 0 Å². The highest BCUT2D eigenvalue weighted by molar-refractivity contribution is 7.89. The summed E-state index contributed by atoms with van der Waals surface area (Å²) < 4.78 is 27.2. The van der Waals surface area contributed by atoms with Crippen LogP contribution in [0.15, 0.2) is 16.3 Å². The first-order valence-corrected chi connectivity index (χ1v) is 10.3. The Kier molecular flexibility index (Phi) is 7.68. The third-order valence-electron chi connectivity index (χ3n) is 3.31. The van der Waals surface area contributed by atoms with Gasteiger partial charge in [-0.1, -0.05) is 27.7 Å². The summed E-state index contributed by atoms with van der Waals surface area (Å²) >= 11 is 7.18. The summed E-state index contributed by atoms with van der Waals surface area (Å²) in [5.74, 6) is 1.34. The predicted octanol–water partition coefficient (Wildman–Crippen LogP) is 4.57. The number of sulfonamides is 1. The second-order valence-electron chi connectivity index (χ2n) is 6.15. The van der Waals surface area contributed by atoms with Gasteiger partial charge in [-0.2, -0.15) is 4.31 Å². The van der Waals surface area contributed by atoms with Crippen LogP contribution < -0.4 is 0 Å². The maximum Gasteiger partial charge on any atom is 0.243 e. The molecule has 0 saturated heterocycles. The molecule has 0 unspecified atom stereocenters. The SMILES string of the molecule is CC(C)CCN(CCC(C)C)S(=O)(=O)c1csc(CCl)c1. The Labute approximate surface area is 138 Å². The normalized spacial score (nSPS) is 12.8. The molecule has 6 heteroatoms. The Morgan fingerprint density at radius 2 is 1.67 bits per heavy atom. The molecule has 0 atom stereocenters. The van der Waals surface area contributed by atoms with Gasteiger partial charge in [0.25, 0.3) is 0 Å². The van der Waals surface area contributed by atoms with Crippen LogP contribution in [-0.4, -0.2) is 25.8 Å². The quantitative estimate of drug-likeness (QED) is 0.611. The van der Waals surface area contributed by atoms with Crippen molar-refractivity contribution in [2.45, 2.75) is 51.3 Å². The second-order valence-corrected chi connectivity index (χ2v) is 9.35. The monoisotopic (exact) mass is 351 g/mol. The van der Waals surface area contributed by atoms with Crippen LogP contribution in [-0.2, 0) is 15.9 Å². The lowest BCUT2D eigenvalue weighted by Crippen LogP contribution is -2.34. The van der Waals surface area contributed by atoms with E-state index in [9.17, 15) is 8.42 Å². The molecular formula is C15H26ClNO2S2. The first-order chi connectivity index (χ1) is 9.77. The van der Waals surface area contributed by atoms with Crippen molar-refractivity contribution in [1.82, 2.24) is 4.31 Å². The molecule has 1 heterocycles. The highest BCUT2D eigenvalue weighted by atomic mass is 35.5. The van der Waals surface area contributed by atoms with E-state index in [1.54, 1.807) is 15.8 Å². The molecule has 0 bridgehead atoms. The van der Waals surface area contributed by atoms with Crippen LogP contribution in [0.2, 0.25) is 0 Å². The number of rotatable bonds is 9. The third kappa shape index (κ3) is 5.89. The van der Waals surface area contributed by atoms with Gasteiger partial charge < -0.3 is 0 Å². The summed E-state index contributed by atoms with van der Waals surface area (Å²) in [4.78, 5) is 1.28. The van der Waals surface area contributed by atoms with E-state index in [-0.39, 0.29) is 0 Å². The maximum absolute atomic E-state index is 12.8. The zero-order valence-corrected chi connectivity index (χ0v) is 15.7. The number of hydrogen-bond acceptors (Lipinski definition) is 3. The van der Waals surface area contributed by atoms with Gasteiger partial charge >= 0.3 is 0 Å². The lowest BCUT2D eigenvalue weighted by atomic mass is 10.1. The Balaban J connectivity index is 2.92. The van der Waals surface area contributed by atoms with E-state index in [1.165, 1.54) is 11.3 Å². The zero-order chi connectivity index (χ0) is 16.0. The third-order valence-corrected chi connectivity index (χ3v) is 6.72. The molecule has 1 aromatic rings. The van der Waals surface area contributed by atoms with Crippen molar-refractivity contribution in [3.8, 4) is 0 Å². The van der Waals surface area contributed by atoms with Crippen molar-refractivity contribution in [3.63, 3.8) is 0 Å². The minimum absolute atomic E-state index is 0.359. The molecule has 1 aromatic heterocycles. The Bertz CT molecular complexity index is 512. The van der Waals surface area contributed by atoms with Gasteiger partial charge in [0.05, 0.1) is 10.8 Å². The lowest BCUT2D eigenvalue weighted by molar-refractivity contribution is 0.357. The van der Waals surface area contributed by atoms with Crippen LogP contribution in [0.5, 0.6) is 0 Å². The summed E-state index contributed by atoms with van der Waals surface area (Å²) in [5, 5.41) is 1.70. The lowest BCUT2D eigenvalue weighted by Gasteiger charge is -2.23. The minimum Gasteiger partial charge on any atom is -0.207 e. The Hall–Kier alpha value is -0.100. The predicted molar refractivity (Wildman–Crippen MR) is 91.5 cm³/mol. The molecule has 0 radical (unpaired) electrons. The average Bonchev–Trinajstić information content (AvgIpc) is 2.87. The molecule has 0 saturated carbocycles. The maximum atomic E-state index is 12.8. The van der Waals surface area contributed by atoms with E-state index in [2.05, 4.69) is 27.7 Å². The summed E-state index contributed by atoms with van der Waals surface area (Å²) in [6, 6.07) is 1.70. The zero-order valence-electron chi connectivity index (χ0n) is 13.3. The fourth-order valence-corrected chi connectivity index (χ4v) is 4.72. The number of alkyl halides is 1. The van der Waals surface area contributed by atoms with E-state index in [4.69, 9.17) is 11.6 Å². The molecule has 0 aliphatic carbocycles. The fraction of sp³-hybridized carbons (Fsp3) is 0.733. The van der Waals surface area contributed by atoms with Crippen molar-refractivity contribution < 1.29 is 8.42 Å². The van der Waals surface area contributed by atoms with Gasteiger partial charge in [0, 0.05) is 23.3 Å². The highest BCUT2D eigenvalue weighted by Crippen LogP contribution is 2.25. The van der Waals surface area contributed by atoms with Crippen molar-refractivity contribution in [2.24, 2.45) is 11.8 Å². The van der Waals surface area contributed by atoms with Crippen LogP contribution in [0.3, 0.4) is 0 Å². The van der Waals surface area contributed by atoms with Crippen molar-refractivity contribution in [2.75, 3.05) is 13.1 Å². The smallest absolute Gasteiger partial charge is 0.207 e. The summed E-state index contributed by atoms with van der Waals surface area (Å²) in [6.45, 7) is 9.62. The van der Waals surface area contributed by atoms with Crippen LogP contribution in [0.1, 0.15) is 45.4 Å². The first-order valence-electron chi connectivity index (χ1n) is 7.41. The van der Waals surface area contributed by atoms with Gasteiger partial charge in [-0.3, -0.25) is 0 Å². The highest BCUT2D eigenvalue weighted by Gasteiger charge is 2.25. The van der Waals surface area contributed by atoms with Gasteiger partial charge in [0.1, 0.15) is 0 Å². The number of nitrogens with zero attached hydrogens (tertiary/aromatic N) is 1. The molecule has 0 aromatic carbocycles. The van der Waals surface area contributed by atoms with E-state index < -0.39 is 10.0 Å². The van der Waals surface area contributed by atoms with Crippen molar-refractivity contribution in [1.29, 1.82) is 0 Å². The number of halogens is 1. The number of hydrogen-bond donors (Lipinski definition) is 0.